The maximum Gasteiger partial charge on any atom is 0.215 e. The summed E-state index contributed by atoms with van der Waals surface area (Å²) in [4.78, 5) is 6.32. The molecule has 0 radical (unpaired) electrons. The predicted octanol–water partition coefficient (Wildman–Crippen LogP) is 2.35. The lowest BCUT2D eigenvalue weighted by Gasteiger charge is -2.22. The zero-order valence-electron chi connectivity index (χ0n) is 14.3. The lowest BCUT2D eigenvalue weighted by molar-refractivity contribution is 0.112. The van der Waals surface area contributed by atoms with Crippen molar-refractivity contribution in [2.75, 3.05) is 19.6 Å². The third kappa shape index (κ3) is 3.59. The Kier molecular flexibility index (Phi) is 4.66. The first-order valence-corrected chi connectivity index (χ1v) is 8.88. The van der Waals surface area contributed by atoms with Crippen LogP contribution in [0.3, 0.4) is 0 Å². The summed E-state index contributed by atoms with van der Waals surface area (Å²) >= 11 is 0. The van der Waals surface area contributed by atoms with Crippen molar-refractivity contribution in [1.29, 1.82) is 0 Å². The monoisotopic (exact) mass is 356 g/mol. The van der Waals surface area contributed by atoms with Crippen LogP contribution in [0.4, 0.5) is 4.39 Å². The standard InChI is InChI=1S/C20H21FN2O3/c21-17-3-1-2-4-20(17)26-16-7-13-10-23(11-14(13)8-16)12-19(25)18-6-5-15(24)9-22-18/h2,4-6,9,13-14,16,19,24-25H,7-8,10-12H2/t13-,14+,16?,19-/m0/s1. The number of hydrogen-bond donors (Lipinski definition) is 2. The van der Waals surface area contributed by atoms with Crippen molar-refractivity contribution in [1.82, 2.24) is 9.88 Å². The van der Waals surface area contributed by atoms with E-state index in [2.05, 4.69) is 22.0 Å². The average Bonchev–Trinajstić information content (AvgIpc) is 3.15. The molecule has 5 nitrogen and oxygen atoms in total. The van der Waals surface area contributed by atoms with E-state index in [4.69, 9.17) is 4.74 Å². The summed E-state index contributed by atoms with van der Waals surface area (Å²) in [5, 5.41) is 19.6. The highest BCUT2D eigenvalue weighted by molar-refractivity contribution is 5.21. The fraction of sp³-hybridized carbons (Fsp3) is 0.450. The topological polar surface area (TPSA) is 65.8 Å². The number of aliphatic hydroxyl groups excluding tert-OH is 1. The lowest BCUT2D eigenvalue weighted by Crippen LogP contribution is -2.29. The second-order valence-electron chi connectivity index (χ2n) is 7.19. The fourth-order valence-corrected chi connectivity index (χ4v) is 4.15. The van der Waals surface area contributed by atoms with E-state index in [0.717, 1.165) is 25.9 Å². The number of aliphatic hydroxyl groups is 1. The highest BCUT2D eigenvalue weighted by Crippen LogP contribution is 2.40. The van der Waals surface area contributed by atoms with E-state index in [9.17, 15) is 14.6 Å². The third-order valence-corrected chi connectivity index (χ3v) is 5.34. The van der Waals surface area contributed by atoms with Crippen molar-refractivity contribution in [2.24, 2.45) is 11.8 Å². The Labute approximate surface area is 152 Å². The minimum absolute atomic E-state index is 0.0288. The lowest BCUT2D eigenvalue weighted by atomic mass is 10.0. The van der Waals surface area contributed by atoms with Crippen molar-refractivity contribution in [3.8, 4) is 11.5 Å². The number of hydrogen-bond acceptors (Lipinski definition) is 5. The molecule has 1 unspecified atom stereocenters. The number of β-amino-alcohol motifs (C(OH)–C–C–N with tert-alkyl or cyclic N) is 1. The molecule has 6 heteroatoms. The van der Waals surface area contributed by atoms with Gasteiger partial charge in [0.25, 0.3) is 0 Å². The molecule has 26 heavy (non-hydrogen) atoms. The number of aromatic hydroxyl groups is 1. The maximum absolute atomic E-state index is 13.7. The second kappa shape index (κ2) is 7.10. The number of fused-ring (bicyclic) bond motifs is 1. The number of pyridine rings is 1. The molecule has 4 rings (SSSR count). The molecule has 2 N–H and O–H groups in total. The molecular formula is C20H21FN2O3. The van der Waals surface area contributed by atoms with Gasteiger partial charge >= 0.3 is 0 Å². The van der Waals surface area contributed by atoms with Gasteiger partial charge in [-0.05, 0) is 55.0 Å². The minimum atomic E-state index is -0.674. The number of ether oxygens (including phenoxy) is 1. The van der Waals surface area contributed by atoms with Gasteiger partial charge in [0.2, 0.25) is 5.82 Å². The van der Waals surface area contributed by atoms with Crippen LogP contribution in [0.1, 0.15) is 24.6 Å². The van der Waals surface area contributed by atoms with Gasteiger partial charge in [0.15, 0.2) is 5.75 Å². The largest absolute Gasteiger partial charge is 0.506 e. The van der Waals surface area contributed by atoms with Crippen molar-refractivity contribution >= 4 is 0 Å². The Morgan fingerprint density at radius 1 is 1.27 bits per heavy atom. The molecule has 2 heterocycles. The van der Waals surface area contributed by atoms with Crippen LogP contribution in [0.5, 0.6) is 11.5 Å². The SMILES string of the molecule is Oc1ccc([C@@H](O)CN2C[C@H]3CC(Oc4ccc#cc4F)C[C@H]3C2)nc1. The minimum Gasteiger partial charge on any atom is -0.506 e. The summed E-state index contributed by atoms with van der Waals surface area (Å²) < 4.78 is 19.5. The Morgan fingerprint density at radius 2 is 2.04 bits per heavy atom. The summed E-state index contributed by atoms with van der Waals surface area (Å²) in [6, 6.07) is 11.3. The molecule has 0 amide bonds. The van der Waals surface area contributed by atoms with Gasteiger partial charge in [-0.25, -0.2) is 0 Å². The zero-order chi connectivity index (χ0) is 18.1. The molecule has 2 aromatic rings. The maximum atomic E-state index is 13.7. The van der Waals surface area contributed by atoms with Gasteiger partial charge in [-0.15, -0.1) is 0 Å². The fourth-order valence-electron chi connectivity index (χ4n) is 4.15. The van der Waals surface area contributed by atoms with Gasteiger partial charge < -0.3 is 14.9 Å². The number of nitrogens with zero attached hydrogens (tertiary/aromatic N) is 2. The zero-order valence-corrected chi connectivity index (χ0v) is 14.3. The molecule has 2 fully saturated rings. The van der Waals surface area contributed by atoms with Crippen molar-refractivity contribution < 1.29 is 19.3 Å². The molecule has 4 atom stereocenters. The molecule has 0 bridgehead atoms. The Morgan fingerprint density at radius 3 is 2.69 bits per heavy atom. The van der Waals surface area contributed by atoms with E-state index in [-0.39, 0.29) is 17.6 Å². The highest BCUT2D eigenvalue weighted by Gasteiger charge is 2.42. The van der Waals surface area contributed by atoms with E-state index in [0.29, 0.717) is 24.1 Å². The smallest absolute Gasteiger partial charge is 0.215 e. The molecule has 1 aliphatic heterocycles. The van der Waals surface area contributed by atoms with Crippen LogP contribution in [-0.2, 0) is 0 Å². The summed E-state index contributed by atoms with van der Waals surface area (Å²) in [6.07, 6.45) is 2.49. The van der Waals surface area contributed by atoms with Gasteiger partial charge in [0.1, 0.15) is 11.9 Å². The number of likely N-dealkylation sites (tertiary alicyclic amines) is 1. The Balaban J connectivity index is 1.29. The van der Waals surface area contributed by atoms with Crippen LogP contribution in [-0.4, -0.2) is 45.8 Å². The Hall–Kier alpha value is -2.36. The third-order valence-electron chi connectivity index (χ3n) is 5.34. The van der Waals surface area contributed by atoms with Crippen LogP contribution in [0, 0.1) is 29.8 Å². The molecule has 1 aromatic carbocycles. The Bertz CT molecular complexity index is 741. The predicted molar refractivity (Wildman–Crippen MR) is 92.0 cm³/mol. The van der Waals surface area contributed by atoms with Crippen molar-refractivity contribution in [3.05, 3.63) is 54.1 Å². The first kappa shape index (κ1) is 17.1. The number of aromatic nitrogens is 1. The van der Waals surface area contributed by atoms with Crippen LogP contribution in [0.15, 0.2) is 30.5 Å². The van der Waals surface area contributed by atoms with E-state index >= 15 is 0 Å². The first-order valence-electron chi connectivity index (χ1n) is 8.88. The van der Waals surface area contributed by atoms with Gasteiger partial charge in [-0.2, -0.15) is 4.39 Å². The molecule has 1 saturated heterocycles. The quantitative estimate of drug-likeness (QED) is 0.861. The summed E-state index contributed by atoms with van der Waals surface area (Å²) in [5.41, 5.74) is 0.564. The van der Waals surface area contributed by atoms with Crippen LogP contribution >= 0.6 is 0 Å². The highest BCUT2D eigenvalue weighted by atomic mass is 19.1. The first-order chi connectivity index (χ1) is 12.6. The van der Waals surface area contributed by atoms with Crippen molar-refractivity contribution in [2.45, 2.75) is 25.0 Å². The van der Waals surface area contributed by atoms with Crippen LogP contribution < -0.4 is 4.74 Å². The van der Waals surface area contributed by atoms with E-state index < -0.39 is 11.9 Å². The van der Waals surface area contributed by atoms with E-state index in [1.54, 1.807) is 18.2 Å². The second-order valence-corrected chi connectivity index (χ2v) is 7.19. The molecular weight excluding hydrogens is 335 g/mol. The molecule has 1 aromatic heterocycles. The van der Waals surface area contributed by atoms with Gasteiger partial charge in [-0.3, -0.25) is 9.88 Å². The van der Waals surface area contributed by atoms with Crippen LogP contribution in [0.25, 0.3) is 0 Å². The van der Waals surface area contributed by atoms with Crippen LogP contribution in [0.2, 0.25) is 0 Å². The van der Waals surface area contributed by atoms with Crippen molar-refractivity contribution in [3.63, 3.8) is 0 Å². The molecule has 1 saturated carbocycles. The normalized spacial score (nSPS) is 26.3. The molecule has 136 valence electrons. The number of rotatable bonds is 5. The summed E-state index contributed by atoms with van der Waals surface area (Å²) in [5.74, 6) is 0.854. The summed E-state index contributed by atoms with van der Waals surface area (Å²) in [7, 11) is 0. The van der Waals surface area contributed by atoms with Gasteiger partial charge in [0, 0.05) is 19.6 Å². The molecule has 2 aliphatic rings. The molecule has 1 aliphatic carbocycles. The average molecular weight is 356 g/mol. The summed E-state index contributed by atoms with van der Waals surface area (Å²) in [6.45, 7) is 2.32. The number of halogens is 1. The molecule has 0 spiro atoms. The van der Waals surface area contributed by atoms with Gasteiger partial charge in [0.05, 0.1) is 18.0 Å². The van der Waals surface area contributed by atoms with Gasteiger partial charge in [-0.1, -0.05) is 6.07 Å². The van der Waals surface area contributed by atoms with E-state index in [1.807, 2.05) is 0 Å². The van der Waals surface area contributed by atoms with E-state index in [1.165, 1.54) is 12.3 Å².